The standard InChI is InChI=1S/C26H28N2O4/c29-26(30)19-14-28(15-19)22-10-11-23-20(22)12-25(31-23)21-13-24(32-27-21)18-8-6-17(7-9-18)16-4-2-1-3-5-16/h6-9,12-13,16,19,22H,1-5,10-11,14-15H2,(H,29,30). The van der Waals surface area contributed by atoms with Crippen LogP contribution in [0.5, 0.6) is 0 Å². The van der Waals surface area contributed by atoms with Crippen LogP contribution < -0.4 is 0 Å². The van der Waals surface area contributed by atoms with Crippen LogP contribution in [0.3, 0.4) is 0 Å². The first-order chi connectivity index (χ1) is 15.7. The Hall–Kier alpha value is -2.86. The second kappa shape index (κ2) is 7.93. The highest BCUT2D eigenvalue weighted by molar-refractivity contribution is 5.71. The molecule has 6 nitrogen and oxygen atoms in total. The predicted octanol–water partition coefficient (Wildman–Crippen LogP) is 5.65. The fraction of sp³-hybridized carbons (Fsp3) is 0.462. The van der Waals surface area contributed by atoms with E-state index in [1.54, 1.807) is 0 Å². The third-order valence-corrected chi connectivity index (χ3v) is 7.58. The Balaban J connectivity index is 1.17. The summed E-state index contributed by atoms with van der Waals surface area (Å²) in [5, 5.41) is 13.4. The van der Waals surface area contributed by atoms with Crippen LogP contribution in [0.1, 0.15) is 67.4 Å². The minimum absolute atomic E-state index is 0.243. The lowest BCUT2D eigenvalue weighted by Gasteiger charge is -2.41. The van der Waals surface area contributed by atoms with Crippen molar-refractivity contribution in [2.45, 2.75) is 56.9 Å². The number of fused-ring (bicyclic) bond motifs is 1. The Morgan fingerprint density at radius 2 is 1.78 bits per heavy atom. The molecular formula is C26H28N2O4. The summed E-state index contributed by atoms with van der Waals surface area (Å²) in [7, 11) is 0. The van der Waals surface area contributed by atoms with Crippen molar-refractivity contribution in [2.75, 3.05) is 13.1 Å². The Labute approximate surface area is 187 Å². The van der Waals surface area contributed by atoms with Crippen LogP contribution in [-0.4, -0.2) is 34.2 Å². The molecule has 1 atom stereocenters. The second-order valence-corrected chi connectivity index (χ2v) is 9.57. The van der Waals surface area contributed by atoms with Crippen molar-refractivity contribution < 1.29 is 18.8 Å². The number of rotatable bonds is 5. The molecule has 2 aromatic heterocycles. The van der Waals surface area contributed by atoms with Crippen molar-refractivity contribution in [3.05, 3.63) is 53.3 Å². The molecule has 166 valence electrons. The van der Waals surface area contributed by atoms with Gasteiger partial charge in [-0.05, 0) is 36.8 Å². The molecule has 3 aliphatic rings. The predicted molar refractivity (Wildman–Crippen MR) is 119 cm³/mol. The zero-order valence-electron chi connectivity index (χ0n) is 18.1. The molecule has 0 spiro atoms. The van der Waals surface area contributed by atoms with Crippen LogP contribution in [0.25, 0.3) is 22.8 Å². The van der Waals surface area contributed by atoms with E-state index < -0.39 is 5.97 Å². The Kier molecular flexibility index (Phi) is 4.90. The maximum absolute atomic E-state index is 11.1. The Morgan fingerprint density at radius 1 is 1.00 bits per heavy atom. The number of aromatic nitrogens is 1. The smallest absolute Gasteiger partial charge is 0.309 e. The highest BCUT2D eigenvalue weighted by Crippen LogP contribution is 2.43. The molecule has 1 N–H and O–H groups in total. The van der Waals surface area contributed by atoms with Crippen molar-refractivity contribution in [1.82, 2.24) is 10.1 Å². The van der Waals surface area contributed by atoms with Crippen LogP contribution in [0.4, 0.5) is 0 Å². The molecule has 0 radical (unpaired) electrons. The maximum Gasteiger partial charge on any atom is 0.309 e. The second-order valence-electron chi connectivity index (χ2n) is 9.57. The summed E-state index contributed by atoms with van der Waals surface area (Å²) in [6.07, 6.45) is 8.50. The molecule has 1 aromatic carbocycles. The van der Waals surface area contributed by atoms with Gasteiger partial charge in [0, 0.05) is 42.7 Å². The van der Waals surface area contributed by atoms with Crippen molar-refractivity contribution in [3.63, 3.8) is 0 Å². The molecule has 6 rings (SSSR count). The van der Waals surface area contributed by atoms with Gasteiger partial charge in [0.2, 0.25) is 0 Å². The summed E-state index contributed by atoms with van der Waals surface area (Å²) in [6.45, 7) is 1.23. The molecule has 3 heterocycles. The molecule has 2 fully saturated rings. The van der Waals surface area contributed by atoms with E-state index in [1.165, 1.54) is 43.2 Å². The zero-order chi connectivity index (χ0) is 21.7. The first-order valence-electron chi connectivity index (χ1n) is 11.8. The molecule has 1 saturated carbocycles. The summed E-state index contributed by atoms with van der Waals surface area (Å²) >= 11 is 0. The zero-order valence-corrected chi connectivity index (χ0v) is 18.1. The van der Waals surface area contributed by atoms with E-state index in [0.29, 0.717) is 24.7 Å². The van der Waals surface area contributed by atoms with Gasteiger partial charge < -0.3 is 14.0 Å². The van der Waals surface area contributed by atoms with Gasteiger partial charge in [-0.3, -0.25) is 9.69 Å². The third-order valence-electron chi connectivity index (χ3n) is 7.58. The Morgan fingerprint density at radius 3 is 2.53 bits per heavy atom. The molecule has 1 saturated heterocycles. The van der Waals surface area contributed by atoms with Crippen LogP contribution in [0.2, 0.25) is 0 Å². The maximum atomic E-state index is 11.1. The lowest BCUT2D eigenvalue weighted by molar-refractivity contribution is -0.148. The quantitative estimate of drug-likeness (QED) is 0.561. The minimum atomic E-state index is -0.700. The molecular weight excluding hydrogens is 404 g/mol. The number of hydrogen-bond acceptors (Lipinski definition) is 5. The van der Waals surface area contributed by atoms with Crippen LogP contribution >= 0.6 is 0 Å². The normalized spacial score (nSPS) is 22.1. The van der Waals surface area contributed by atoms with Crippen molar-refractivity contribution in [1.29, 1.82) is 0 Å². The van der Waals surface area contributed by atoms with E-state index in [9.17, 15) is 4.79 Å². The minimum Gasteiger partial charge on any atom is -0.481 e. The number of nitrogens with zero attached hydrogens (tertiary/aromatic N) is 2. The molecule has 6 heteroatoms. The number of carboxylic acids is 1. The van der Waals surface area contributed by atoms with Gasteiger partial charge in [0.15, 0.2) is 11.5 Å². The summed E-state index contributed by atoms with van der Waals surface area (Å²) in [5.74, 6) is 2.21. The van der Waals surface area contributed by atoms with E-state index in [4.69, 9.17) is 14.0 Å². The molecule has 1 unspecified atom stereocenters. The number of benzene rings is 1. The monoisotopic (exact) mass is 432 g/mol. The first-order valence-corrected chi connectivity index (χ1v) is 11.8. The van der Waals surface area contributed by atoms with Gasteiger partial charge >= 0.3 is 5.97 Å². The van der Waals surface area contributed by atoms with Gasteiger partial charge in [0.25, 0.3) is 0 Å². The van der Waals surface area contributed by atoms with E-state index in [1.807, 2.05) is 6.07 Å². The van der Waals surface area contributed by atoms with E-state index in [0.717, 1.165) is 35.7 Å². The molecule has 1 aliphatic heterocycles. The SMILES string of the molecule is O=C(O)C1CN(C2CCc3oc(-c4cc(-c5ccc(C6CCCCC6)cc5)on4)cc32)C1. The number of hydrogen-bond donors (Lipinski definition) is 1. The highest BCUT2D eigenvalue weighted by atomic mass is 16.5. The van der Waals surface area contributed by atoms with Crippen molar-refractivity contribution in [2.24, 2.45) is 5.92 Å². The average molecular weight is 433 g/mol. The van der Waals surface area contributed by atoms with Gasteiger partial charge in [-0.15, -0.1) is 0 Å². The van der Waals surface area contributed by atoms with Gasteiger partial charge in [-0.1, -0.05) is 48.7 Å². The summed E-state index contributed by atoms with van der Waals surface area (Å²) in [5.41, 5.74) is 4.33. The summed E-state index contributed by atoms with van der Waals surface area (Å²) in [6, 6.07) is 13.0. The number of furan rings is 1. The number of aryl methyl sites for hydroxylation is 1. The Bertz CT molecular complexity index is 1120. The van der Waals surface area contributed by atoms with E-state index in [2.05, 4.69) is 40.4 Å². The molecule has 3 aromatic rings. The molecule has 0 bridgehead atoms. The first kappa shape index (κ1) is 19.8. The largest absolute Gasteiger partial charge is 0.481 e. The van der Waals surface area contributed by atoms with Crippen LogP contribution in [0.15, 0.2) is 45.3 Å². The number of likely N-dealkylation sites (tertiary alicyclic amines) is 1. The van der Waals surface area contributed by atoms with Crippen LogP contribution in [0, 0.1) is 5.92 Å². The number of carboxylic acid groups (broad SMARTS) is 1. The van der Waals surface area contributed by atoms with Gasteiger partial charge in [0.05, 0.1) is 5.92 Å². The fourth-order valence-corrected chi connectivity index (χ4v) is 5.66. The van der Waals surface area contributed by atoms with Crippen LogP contribution in [-0.2, 0) is 11.2 Å². The van der Waals surface area contributed by atoms with Gasteiger partial charge in [0.1, 0.15) is 11.5 Å². The number of aliphatic carboxylic acids is 1. The highest BCUT2D eigenvalue weighted by Gasteiger charge is 2.41. The van der Waals surface area contributed by atoms with E-state index in [-0.39, 0.29) is 12.0 Å². The molecule has 0 amide bonds. The summed E-state index contributed by atoms with van der Waals surface area (Å²) < 4.78 is 11.8. The number of carbonyl (C=O) groups is 1. The molecule has 2 aliphatic carbocycles. The van der Waals surface area contributed by atoms with Crippen molar-refractivity contribution >= 4 is 5.97 Å². The van der Waals surface area contributed by atoms with E-state index >= 15 is 0 Å². The average Bonchev–Trinajstić information content (AvgIpc) is 3.50. The molecule has 32 heavy (non-hydrogen) atoms. The topological polar surface area (TPSA) is 79.7 Å². The van der Waals surface area contributed by atoms with Gasteiger partial charge in [-0.2, -0.15) is 0 Å². The lowest BCUT2D eigenvalue weighted by Crippen LogP contribution is -2.51. The third kappa shape index (κ3) is 3.47. The lowest BCUT2D eigenvalue weighted by atomic mass is 9.84. The fourth-order valence-electron chi connectivity index (χ4n) is 5.66. The van der Waals surface area contributed by atoms with Gasteiger partial charge in [-0.25, -0.2) is 0 Å². The van der Waals surface area contributed by atoms with Crippen molar-refractivity contribution in [3.8, 4) is 22.8 Å². The summed E-state index contributed by atoms with van der Waals surface area (Å²) in [4.78, 5) is 13.4.